The molecule has 2 aromatic carbocycles. The van der Waals surface area contributed by atoms with Gasteiger partial charge < -0.3 is 25.0 Å². The smallest absolute Gasteiger partial charge is 0.322 e. The number of hydrogen-bond donors (Lipinski definition) is 2. The molecule has 1 heterocycles. The summed E-state index contributed by atoms with van der Waals surface area (Å²) in [6.45, 7) is 0.534. The summed E-state index contributed by atoms with van der Waals surface area (Å²) in [7, 11) is 3.14. The molecule has 0 spiro atoms. The fraction of sp³-hybridized carbons (Fsp3) is 0.300. The van der Waals surface area contributed by atoms with Crippen LogP contribution in [0.25, 0.3) is 0 Å². The van der Waals surface area contributed by atoms with E-state index in [0.717, 1.165) is 6.42 Å². The standard InChI is InChI=1S/C20H23N3O4/c1-26-16-8-3-6-14(12-16)21-19(24)18-10-5-11-23(18)20(25)22-15-7-4-9-17(13-15)27-2/h3-4,6-9,12-13,18H,5,10-11H2,1-2H3,(H,21,24)(H,22,25)/t18-/m1/s1. The summed E-state index contributed by atoms with van der Waals surface area (Å²) in [5.74, 6) is 1.11. The van der Waals surface area contributed by atoms with Crippen molar-refractivity contribution in [3.63, 3.8) is 0 Å². The highest BCUT2D eigenvalue weighted by molar-refractivity contribution is 5.99. The lowest BCUT2D eigenvalue weighted by molar-refractivity contribution is -0.119. The molecule has 0 aliphatic carbocycles. The van der Waals surface area contributed by atoms with Crippen molar-refractivity contribution in [2.45, 2.75) is 18.9 Å². The van der Waals surface area contributed by atoms with Crippen LogP contribution < -0.4 is 20.1 Å². The number of likely N-dealkylation sites (tertiary alicyclic amines) is 1. The number of ether oxygens (including phenoxy) is 2. The minimum atomic E-state index is -0.512. The Kier molecular flexibility index (Phi) is 5.80. The van der Waals surface area contributed by atoms with Crippen LogP contribution in [0.1, 0.15) is 12.8 Å². The van der Waals surface area contributed by atoms with Crippen molar-refractivity contribution in [3.8, 4) is 11.5 Å². The summed E-state index contributed by atoms with van der Waals surface area (Å²) in [4.78, 5) is 26.9. The van der Waals surface area contributed by atoms with E-state index in [1.165, 1.54) is 0 Å². The fourth-order valence-electron chi connectivity index (χ4n) is 3.10. The first-order chi connectivity index (χ1) is 13.1. The van der Waals surface area contributed by atoms with Crippen molar-refractivity contribution in [1.29, 1.82) is 0 Å². The minimum Gasteiger partial charge on any atom is -0.497 e. The zero-order chi connectivity index (χ0) is 19.2. The molecular weight excluding hydrogens is 346 g/mol. The van der Waals surface area contributed by atoms with Gasteiger partial charge in [0.05, 0.1) is 14.2 Å². The lowest BCUT2D eigenvalue weighted by atomic mass is 10.2. The second-order valence-corrected chi connectivity index (χ2v) is 6.23. The van der Waals surface area contributed by atoms with Crippen LogP contribution in [-0.2, 0) is 4.79 Å². The Morgan fingerprint density at radius 2 is 1.56 bits per heavy atom. The van der Waals surface area contributed by atoms with E-state index in [9.17, 15) is 9.59 Å². The predicted octanol–water partition coefficient (Wildman–Crippen LogP) is 3.34. The molecule has 1 saturated heterocycles. The third-order valence-corrected chi connectivity index (χ3v) is 4.47. The molecule has 1 aliphatic rings. The molecule has 3 rings (SSSR count). The van der Waals surface area contributed by atoms with Crippen LogP contribution in [0.15, 0.2) is 48.5 Å². The van der Waals surface area contributed by atoms with E-state index in [1.807, 2.05) is 0 Å². The van der Waals surface area contributed by atoms with E-state index in [2.05, 4.69) is 10.6 Å². The summed E-state index contributed by atoms with van der Waals surface area (Å²) in [5, 5.41) is 5.70. The van der Waals surface area contributed by atoms with Crippen LogP contribution >= 0.6 is 0 Å². The first kappa shape index (κ1) is 18.6. The number of urea groups is 1. The lowest BCUT2D eigenvalue weighted by Crippen LogP contribution is -2.45. The van der Waals surface area contributed by atoms with Gasteiger partial charge in [0.1, 0.15) is 17.5 Å². The second-order valence-electron chi connectivity index (χ2n) is 6.23. The van der Waals surface area contributed by atoms with Gasteiger partial charge in [0.2, 0.25) is 5.91 Å². The Hall–Kier alpha value is -3.22. The van der Waals surface area contributed by atoms with Gasteiger partial charge in [0, 0.05) is 30.1 Å². The van der Waals surface area contributed by atoms with Crippen molar-refractivity contribution in [1.82, 2.24) is 4.90 Å². The molecule has 3 amide bonds. The normalized spacial score (nSPS) is 15.9. The summed E-state index contributed by atoms with van der Waals surface area (Å²) >= 11 is 0. The molecule has 2 aromatic rings. The number of carbonyl (C=O) groups is 2. The summed E-state index contributed by atoms with van der Waals surface area (Å²) in [6, 6.07) is 13.4. The van der Waals surface area contributed by atoms with E-state index in [4.69, 9.17) is 9.47 Å². The number of amides is 3. The zero-order valence-electron chi connectivity index (χ0n) is 15.4. The predicted molar refractivity (Wildman–Crippen MR) is 103 cm³/mol. The van der Waals surface area contributed by atoms with Crippen molar-refractivity contribution in [3.05, 3.63) is 48.5 Å². The summed E-state index contributed by atoms with van der Waals surface area (Å²) in [5.41, 5.74) is 1.26. The number of carbonyl (C=O) groups excluding carboxylic acids is 2. The van der Waals surface area contributed by atoms with Crippen LogP contribution in [0.5, 0.6) is 11.5 Å². The summed E-state index contributed by atoms with van der Waals surface area (Å²) in [6.07, 6.45) is 1.41. The number of hydrogen-bond acceptors (Lipinski definition) is 4. The Morgan fingerprint density at radius 3 is 2.15 bits per heavy atom. The number of nitrogens with zero attached hydrogens (tertiary/aromatic N) is 1. The topological polar surface area (TPSA) is 79.9 Å². The fourth-order valence-corrected chi connectivity index (χ4v) is 3.10. The first-order valence-electron chi connectivity index (χ1n) is 8.77. The third-order valence-electron chi connectivity index (χ3n) is 4.47. The average Bonchev–Trinajstić information content (AvgIpc) is 3.18. The van der Waals surface area contributed by atoms with Gasteiger partial charge in [-0.2, -0.15) is 0 Å². The van der Waals surface area contributed by atoms with Crippen LogP contribution in [0.2, 0.25) is 0 Å². The van der Waals surface area contributed by atoms with E-state index in [1.54, 1.807) is 67.7 Å². The molecule has 142 valence electrons. The van der Waals surface area contributed by atoms with Gasteiger partial charge in [0.15, 0.2) is 0 Å². The highest BCUT2D eigenvalue weighted by Crippen LogP contribution is 2.23. The lowest BCUT2D eigenvalue weighted by Gasteiger charge is -2.24. The number of benzene rings is 2. The second kappa shape index (κ2) is 8.44. The minimum absolute atomic E-state index is 0.207. The van der Waals surface area contributed by atoms with Gasteiger partial charge in [-0.3, -0.25) is 4.79 Å². The van der Waals surface area contributed by atoms with Crippen LogP contribution in [0.4, 0.5) is 16.2 Å². The van der Waals surface area contributed by atoms with Crippen LogP contribution in [0, 0.1) is 0 Å². The van der Waals surface area contributed by atoms with Gasteiger partial charge in [-0.25, -0.2) is 4.79 Å². The Morgan fingerprint density at radius 1 is 0.963 bits per heavy atom. The largest absolute Gasteiger partial charge is 0.497 e. The molecule has 1 atom stereocenters. The highest BCUT2D eigenvalue weighted by atomic mass is 16.5. The van der Waals surface area contributed by atoms with Gasteiger partial charge >= 0.3 is 6.03 Å². The number of anilines is 2. The maximum absolute atomic E-state index is 12.7. The molecule has 0 bridgehead atoms. The molecule has 0 saturated carbocycles. The Bertz CT molecular complexity index is 757. The van der Waals surface area contributed by atoms with Crippen molar-refractivity contribution < 1.29 is 19.1 Å². The molecule has 0 unspecified atom stereocenters. The highest BCUT2D eigenvalue weighted by Gasteiger charge is 2.34. The number of rotatable bonds is 5. The van der Waals surface area contributed by atoms with Gasteiger partial charge in [-0.15, -0.1) is 0 Å². The Labute approximate surface area is 158 Å². The molecular formula is C20H23N3O4. The molecule has 2 N–H and O–H groups in total. The van der Waals surface area contributed by atoms with E-state index < -0.39 is 6.04 Å². The molecule has 27 heavy (non-hydrogen) atoms. The van der Waals surface area contributed by atoms with E-state index in [-0.39, 0.29) is 11.9 Å². The van der Waals surface area contributed by atoms with E-state index >= 15 is 0 Å². The summed E-state index contributed by atoms with van der Waals surface area (Å²) < 4.78 is 10.3. The third kappa shape index (κ3) is 4.49. The Balaban J connectivity index is 1.66. The molecule has 7 nitrogen and oxygen atoms in total. The quantitative estimate of drug-likeness (QED) is 0.847. The molecule has 0 radical (unpaired) electrons. The first-order valence-corrected chi connectivity index (χ1v) is 8.77. The van der Waals surface area contributed by atoms with Crippen molar-refractivity contribution in [2.24, 2.45) is 0 Å². The van der Waals surface area contributed by atoms with Gasteiger partial charge in [-0.05, 0) is 37.1 Å². The number of methoxy groups -OCH3 is 2. The maximum atomic E-state index is 12.7. The van der Waals surface area contributed by atoms with E-state index in [0.29, 0.717) is 35.8 Å². The van der Waals surface area contributed by atoms with Crippen LogP contribution in [-0.4, -0.2) is 43.6 Å². The average molecular weight is 369 g/mol. The van der Waals surface area contributed by atoms with Crippen LogP contribution in [0.3, 0.4) is 0 Å². The SMILES string of the molecule is COc1cccc(NC(=O)[C@H]2CCCN2C(=O)Nc2cccc(OC)c2)c1. The van der Waals surface area contributed by atoms with Gasteiger partial charge in [0.25, 0.3) is 0 Å². The monoisotopic (exact) mass is 369 g/mol. The molecule has 1 fully saturated rings. The zero-order valence-corrected chi connectivity index (χ0v) is 15.4. The maximum Gasteiger partial charge on any atom is 0.322 e. The molecule has 0 aromatic heterocycles. The molecule has 1 aliphatic heterocycles. The number of nitrogens with one attached hydrogen (secondary N) is 2. The van der Waals surface area contributed by atoms with Crippen molar-refractivity contribution in [2.75, 3.05) is 31.4 Å². The van der Waals surface area contributed by atoms with Gasteiger partial charge in [-0.1, -0.05) is 12.1 Å². The molecule has 7 heteroatoms. The van der Waals surface area contributed by atoms with Crippen molar-refractivity contribution >= 4 is 23.3 Å².